The van der Waals surface area contributed by atoms with Crippen LogP contribution in [0.2, 0.25) is 0 Å². The topological polar surface area (TPSA) is 88.0 Å². The summed E-state index contributed by atoms with van der Waals surface area (Å²) in [6, 6.07) is 3.14. The van der Waals surface area contributed by atoms with E-state index < -0.39 is 0 Å². The lowest BCUT2D eigenvalue weighted by Gasteiger charge is -1.99. The summed E-state index contributed by atoms with van der Waals surface area (Å²) in [5.74, 6) is 0.260. The van der Waals surface area contributed by atoms with Crippen LogP contribution < -0.4 is 4.74 Å². The standard InChI is InChI=1S/C8H8N4O2/c1-14-6-2-3-7(10-4-6)8(13)5-11-12-9/h2-4H,5H2,1H3. The lowest BCUT2D eigenvalue weighted by molar-refractivity contribution is 0.0997. The van der Waals surface area contributed by atoms with Crippen LogP contribution in [-0.4, -0.2) is 24.4 Å². The minimum Gasteiger partial charge on any atom is -0.495 e. The van der Waals surface area contributed by atoms with Crippen LogP contribution in [0, 0.1) is 0 Å². The van der Waals surface area contributed by atoms with E-state index in [0.717, 1.165) is 0 Å². The number of Topliss-reactive ketones (excluding diaryl/α,β-unsaturated/α-hetero) is 1. The SMILES string of the molecule is COc1ccc(C(=O)CN=[N+]=[N-])nc1. The minimum absolute atomic E-state index is 0.212. The van der Waals surface area contributed by atoms with Gasteiger partial charge in [-0.15, -0.1) is 0 Å². The molecule has 1 aromatic rings. The van der Waals surface area contributed by atoms with Gasteiger partial charge in [-0.3, -0.25) is 4.79 Å². The zero-order valence-corrected chi connectivity index (χ0v) is 7.54. The van der Waals surface area contributed by atoms with Crippen molar-refractivity contribution in [1.82, 2.24) is 4.98 Å². The third-order valence-corrected chi connectivity index (χ3v) is 1.54. The van der Waals surface area contributed by atoms with Crippen molar-refractivity contribution in [3.8, 4) is 5.75 Å². The first-order valence-corrected chi connectivity index (χ1v) is 3.82. The summed E-state index contributed by atoms with van der Waals surface area (Å²) in [7, 11) is 1.51. The van der Waals surface area contributed by atoms with Gasteiger partial charge in [0.1, 0.15) is 11.4 Å². The van der Waals surface area contributed by atoms with Crippen LogP contribution in [0.1, 0.15) is 10.5 Å². The molecule has 6 nitrogen and oxygen atoms in total. The summed E-state index contributed by atoms with van der Waals surface area (Å²) in [5.41, 5.74) is 8.27. The molecule has 72 valence electrons. The van der Waals surface area contributed by atoms with E-state index in [9.17, 15) is 4.79 Å². The second-order valence-corrected chi connectivity index (χ2v) is 2.40. The van der Waals surface area contributed by atoms with Gasteiger partial charge < -0.3 is 4.74 Å². The summed E-state index contributed by atoms with van der Waals surface area (Å²) < 4.78 is 4.87. The molecule has 0 N–H and O–H groups in total. The van der Waals surface area contributed by atoms with E-state index in [1.165, 1.54) is 19.4 Å². The van der Waals surface area contributed by atoms with Gasteiger partial charge in [0.2, 0.25) is 0 Å². The number of carbonyl (C=O) groups excluding carboxylic acids is 1. The molecule has 1 aromatic heterocycles. The molecule has 0 spiro atoms. The lowest BCUT2D eigenvalue weighted by Crippen LogP contribution is -2.04. The molecule has 0 radical (unpaired) electrons. The number of hydrogen-bond acceptors (Lipinski definition) is 4. The minimum atomic E-state index is -0.314. The number of pyridine rings is 1. The van der Waals surface area contributed by atoms with Gasteiger partial charge >= 0.3 is 0 Å². The molecular formula is C8H8N4O2. The Kier molecular flexibility index (Phi) is 3.46. The Morgan fingerprint density at radius 1 is 1.71 bits per heavy atom. The van der Waals surface area contributed by atoms with Crippen LogP contribution in [0.25, 0.3) is 10.4 Å². The number of carbonyl (C=O) groups is 1. The number of ketones is 1. The van der Waals surface area contributed by atoms with Gasteiger partial charge in [0, 0.05) is 4.91 Å². The maximum Gasteiger partial charge on any atom is 0.186 e. The van der Waals surface area contributed by atoms with Crippen LogP contribution in [0.15, 0.2) is 23.4 Å². The maximum atomic E-state index is 11.2. The van der Waals surface area contributed by atoms with Crippen molar-refractivity contribution in [2.45, 2.75) is 0 Å². The van der Waals surface area contributed by atoms with Gasteiger partial charge in [-0.05, 0) is 17.7 Å². The molecule has 1 rings (SSSR count). The molecule has 0 fully saturated rings. The van der Waals surface area contributed by atoms with Crippen molar-refractivity contribution in [2.75, 3.05) is 13.7 Å². The molecule has 0 amide bonds. The van der Waals surface area contributed by atoms with Gasteiger partial charge in [-0.1, -0.05) is 5.11 Å². The fraction of sp³-hybridized carbons (Fsp3) is 0.250. The second-order valence-electron chi connectivity index (χ2n) is 2.40. The molecule has 0 aliphatic rings. The summed E-state index contributed by atoms with van der Waals surface area (Å²) in [5, 5.41) is 3.15. The molecule has 1 heterocycles. The van der Waals surface area contributed by atoms with Crippen molar-refractivity contribution in [2.24, 2.45) is 5.11 Å². The molecule has 0 aromatic carbocycles. The molecule has 0 saturated carbocycles. The van der Waals surface area contributed by atoms with Gasteiger partial charge in [0.05, 0.1) is 19.9 Å². The quantitative estimate of drug-likeness (QED) is 0.314. The van der Waals surface area contributed by atoms with E-state index in [4.69, 9.17) is 10.3 Å². The van der Waals surface area contributed by atoms with Crippen LogP contribution in [0.5, 0.6) is 5.75 Å². The first kappa shape index (κ1) is 10.0. The second kappa shape index (κ2) is 4.84. The lowest BCUT2D eigenvalue weighted by atomic mass is 10.2. The molecular weight excluding hydrogens is 184 g/mol. The number of rotatable bonds is 4. The highest BCUT2D eigenvalue weighted by Gasteiger charge is 2.05. The smallest absolute Gasteiger partial charge is 0.186 e. The predicted octanol–water partition coefficient (Wildman–Crippen LogP) is 1.58. The highest BCUT2D eigenvalue weighted by atomic mass is 16.5. The Labute approximate surface area is 80.2 Å². The Bertz CT molecular complexity index is 367. The zero-order valence-electron chi connectivity index (χ0n) is 7.54. The Morgan fingerprint density at radius 3 is 3.00 bits per heavy atom. The molecule has 0 aliphatic heterocycles. The largest absolute Gasteiger partial charge is 0.495 e. The fourth-order valence-corrected chi connectivity index (χ4v) is 0.843. The molecule has 6 heteroatoms. The summed E-state index contributed by atoms with van der Waals surface area (Å²) >= 11 is 0. The molecule has 0 saturated heterocycles. The van der Waals surface area contributed by atoms with E-state index >= 15 is 0 Å². The highest BCUT2D eigenvalue weighted by Crippen LogP contribution is 2.08. The summed E-state index contributed by atoms with van der Waals surface area (Å²) in [6.45, 7) is -0.212. The Balaban J connectivity index is 2.76. The molecule has 0 aliphatic carbocycles. The van der Waals surface area contributed by atoms with Gasteiger partial charge in [0.25, 0.3) is 0 Å². The molecule has 0 bridgehead atoms. The van der Waals surface area contributed by atoms with Crippen molar-refractivity contribution in [1.29, 1.82) is 0 Å². The number of methoxy groups -OCH3 is 1. The Hall–Kier alpha value is -2.07. The maximum absolute atomic E-state index is 11.2. The van der Waals surface area contributed by atoms with E-state index in [1.54, 1.807) is 6.07 Å². The van der Waals surface area contributed by atoms with E-state index in [0.29, 0.717) is 5.75 Å². The monoisotopic (exact) mass is 192 g/mol. The number of ether oxygens (including phenoxy) is 1. The highest BCUT2D eigenvalue weighted by molar-refractivity contribution is 5.95. The number of aromatic nitrogens is 1. The van der Waals surface area contributed by atoms with Crippen LogP contribution in [0.3, 0.4) is 0 Å². The summed E-state index contributed by atoms with van der Waals surface area (Å²) in [6.07, 6.45) is 1.43. The van der Waals surface area contributed by atoms with E-state index in [-0.39, 0.29) is 18.0 Å². The first-order valence-electron chi connectivity index (χ1n) is 3.82. The molecule has 0 atom stereocenters. The van der Waals surface area contributed by atoms with Crippen LogP contribution in [0.4, 0.5) is 0 Å². The normalized spacial score (nSPS) is 8.93. The van der Waals surface area contributed by atoms with Crippen LogP contribution >= 0.6 is 0 Å². The van der Waals surface area contributed by atoms with Gasteiger partial charge in [-0.2, -0.15) is 0 Å². The third kappa shape index (κ3) is 2.46. The molecule has 0 unspecified atom stereocenters. The average Bonchev–Trinajstić information content (AvgIpc) is 2.26. The number of hydrogen-bond donors (Lipinski definition) is 0. The first-order chi connectivity index (χ1) is 6.77. The average molecular weight is 192 g/mol. The number of azide groups is 1. The van der Waals surface area contributed by atoms with Gasteiger partial charge in [-0.25, -0.2) is 4.98 Å². The zero-order chi connectivity index (χ0) is 10.4. The predicted molar refractivity (Wildman–Crippen MR) is 49.1 cm³/mol. The molecule has 14 heavy (non-hydrogen) atoms. The summed E-state index contributed by atoms with van der Waals surface area (Å²) in [4.78, 5) is 17.6. The Morgan fingerprint density at radius 2 is 2.50 bits per heavy atom. The van der Waals surface area contributed by atoms with E-state index in [1.807, 2.05) is 0 Å². The van der Waals surface area contributed by atoms with Gasteiger partial charge in [0.15, 0.2) is 5.78 Å². The van der Waals surface area contributed by atoms with Crippen molar-refractivity contribution < 1.29 is 9.53 Å². The van der Waals surface area contributed by atoms with Crippen molar-refractivity contribution in [3.05, 3.63) is 34.5 Å². The third-order valence-electron chi connectivity index (χ3n) is 1.54. The van der Waals surface area contributed by atoms with Crippen LogP contribution in [-0.2, 0) is 0 Å². The van der Waals surface area contributed by atoms with Crippen molar-refractivity contribution >= 4 is 5.78 Å². The van der Waals surface area contributed by atoms with Crippen molar-refractivity contribution in [3.63, 3.8) is 0 Å². The fourth-order valence-electron chi connectivity index (χ4n) is 0.843. The number of nitrogens with zero attached hydrogens (tertiary/aromatic N) is 4. The van der Waals surface area contributed by atoms with E-state index in [2.05, 4.69) is 15.0 Å².